The van der Waals surface area contributed by atoms with Gasteiger partial charge in [-0.2, -0.15) is 0 Å². The normalized spacial score (nSPS) is 22.1. The van der Waals surface area contributed by atoms with Gasteiger partial charge in [0.25, 0.3) is 0 Å². The Labute approximate surface area is 109 Å². The van der Waals surface area contributed by atoms with Gasteiger partial charge in [0.1, 0.15) is 6.61 Å². The molecule has 1 heterocycles. The lowest BCUT2D eigenvalue weighted by atomic mass is 10.2. The van der Waals surface area contributed by atoms with Gasteiger partial charge in [-0.05, 0) is 12.1 Å². The second kappa shape index (κ2) is 6.31. The summed E-state index contributed by atoms with van der Waals surface area (Å²) in [6.07, 6.45) is -1.31. The van der Waals surface area contributed by atoms with Gasteiger partial charge in [0.15, 0.2) is 6.29 Å². The molecule has 2 rings (SSSR count). The number of ether oxygens (including phenoxy) is 3. The molecule has 0 saturated carbocycles. The summed E-state index contributed by atoms with van der Waals surface area (Å²) in [6, 6.07) is 8.57. The summed E-state index contributed by atoms with van der Waals surface area (Å²) in [5.41, 5.74) is 0.447. The van der Waals surface area contributed by atoms with Gasteiger partial charge < -0.3 is 19.3 Å². The van der Waals surface area contributed by atoms with E-state index in [1.807, 2.05) is 0 Å². The van der Waals surface area contributed by atoms with Crippen LogP contribution in [0.25, 0.3) is 0 Å². The third kappa shape index (κ3) is 4.04. The second-order valence-corrected chi connectivity index (χ2v) is 4.08. The molecule has 0 amide bonds. The number of carbonyl (C=O) groups is 2. The molecule has 102 valence electrons. The number of esters is 1. The van der Waals surface area contributed by atoms with E-state index in [-0.39, 0.29) is 19.6 Å². The number of benzene rings is 1. The molecule has 0 spiro atoms. The minimum Gasteiger partial charge on any atom is -0.481 e. The molecule has 1 aliphatic heterocycles. The zero-order valence-corrected chi connectivity index (χ0v) is 10.2. The van der Waals surface area contributed by atoms with Crippen molar-refractivity contribution in [1.29, 1.82) is 0 Å². The maximum absolute atomic E-state index is 11.6. The first kappa shape index (κ1) is 13.5. The smallest absolute Gasteiger partial charge is 0.338 e. The first-order valence-electron chi connectivity index (χ1n) is 5.86. The fraction of sp³-hybridized carbons (Fsp3) is 0.385. The van der Waals surface area contributed by atoms with Gasteiger partial charge in [0.2, 0.25) is 0 Å². The first-order valence-corrected chi connectivity index (χ1v) is 5.86. The molecular weight excluding hydrogens is 252 g/mol. The molecule has 0 radical (unpaired) electrons. The van der Waals surface area contributed by atoms with Crippen LogP contribution in [-0.4, -0.2) is 42.7 Å². The minimum absolute atomic E-state index is 0.0517. The highest BCUT2D eigenvalue weighted by atomic mass is 16.7. The van der Waals surface area contributed by atoms with Gasteiger partial charge in [0, 0.05) is 0 Å². The van der Waals surface area contributed by atoms with Gasteiger partial charge in [-0.3, -0.25) is 4.79 Å². The van der Waals surface area contributed by atoms with E-state index in [9.17, 15) is 9.59 Å². The van der Waals surface area contributed by atoms with E-state index < -0.39 is 24.3 Å². The van der Waals surface area contributed by atoms with Crippen LogP contribution in [0.15, 0.2) is 30.3 Å². The Balaban J connectivity index is 1.75. The Morgan fingerprint density at radius 1 is 1.32 bits per heavy atom. The van der Waals surface area contributed by atoms with Gasteiger partial charge in [-0.1, -0.05) is 18.2 Å². The summed E-state index contributed by atoms with van der Waals surface area (Å²) >= 11 is 0. The highest BCUT2D eigenvalue weighted by Gasteiger charge is 2.28. The lowest BCUT2D eigenvalue weighted by Gasteiger charge is -2.11. The SMILES string of the molecule is O=C(O)CC1CO[C@@H](COC(=O)c2ccccc2)O1. The van der Waals surface area contributed by atoms with E-state index in [0.717, 1.165) is 0 Å². The van der Waals surface area contributed by atoms with Gasteiger partial charge >= 0.3 is 11.9 Å². The summed E-state index contributed by atoms with van der Waals surface area (Å²) < 4.78 is 15.5. The van der Waals surface area contributed by atoms with E-state index in [1.54, 1.807) is 30.3 Å². The van der Waals surface area contributed by atoms with Crippen LogP contribution in [0.4, 0.5) is 0 Å². The zero-order valence-electron chi connectivity index (χ0n) is 10.2. The van der Waals surface area contributed by atoms with Crippen LogP contribution >= 0.6 is 0 Å². The molecule has 6 nitrogen and oxygen atoms in total. The molecule has 6 heteroatoms. The predicted molar refractivity (Wildman–Crippen MR) is 63.6 cm³/mol. The molecule has 0 aliphatic carbocycles. The van der Waals surface area contributed by atoms with Crippen molar-refractivity contribution in [2.75, 3.05) is 13.2 Å². The van der Waals surface area contributed by atoms with Crippen molar-refractivity contribution in [2.24, 2.45) is 0 Å². The lowest BCUT2D eigenvalue weighted by Crippen LogP contribution is -2.21. The quantitative estimate of drug-likeness (QED) is 0.802. The molecule has 19 heavy (non-hydrogen) atoms. The van der Waals surface area contributed by atoms with Crippen LogP contribution < -0.4 is 0 Å². The van der Waals surface area contributed by atoms with Crippen LogP contribution in [0.2, 0.25) is 0 Å². The van der Waals surface area contributed by atoms with Crippen molar-refractivity contribution in [1.82, 2.24) is 0 Å². The van der Waals surface area contributed by atoms with E-state index >= 15 is 0 Å². The molecule has 0 aromatic heterocycles. The minimum atomic E-state index is -0.949. The monoisotopic (exact) mass is 266 g/mol. The molecule has 1 unspecified atom stereocenters. The summed E-state index contributed by atoms with van der Waals surface area (Å²) in [7, 11) is 0. The first-order chi connectivity index (χ1) is 9.15. The number of aliphatic carboxylic acids is 1. The van der Waals surface area contributed by atoms with E-state index in [4.69, 9.17) is 19.3 Å². The average Bonchev–Trinajstić information content (AvgIpc) is 2.84. The summed E-state index contributed by atoms with van der Waals surface area (Å²) in [6.45, 7) is 0.143. The van der Waals surface area contributed by atoms with Crippen molar-refractivity contribution < 1.29 is 28.9 Å². The molecule has 2 atom stereocenters. The Morgan fingerprint density at radius 3 is 2.74 bits per heavy atom. The van der Waals surface area contributed by atoms with E-state index in [2.05, 4.69) is 0 Å². The lowest BCUT2D eigenvalue weighted by molar-refractivity contribution is -0.141. The standard InChI is InChI=1S/C13H14O6/c14-11(15)6-10-7-17-12(19-10)8-18-13(16)9-4-2-1-3-5-9/h1-5,10,12H,6-8H2,(H,14,15)/t10?,12-/m1/s1. The van der Waals surface area contributed by atoms with Crippen molar-refractivity contribution in [3.8, 4) is 0 Å². The summed E-state index contributed by atoms with van der Waals surface area (Å²) in [5, 5.41) is 8.61. The molecule has 1 fully saturated rings. The Kier molecular flexibility index (Phi) is 4.48. The number of hydrogen-bond acceptors (Lipinski definition) is 5. The number of carbonyl (C=O) groups excluding carboxylic acids is 1. The predicted octanol–water partition coefficient (Wildman–Crippen LogP) is 1.06. The molecule has 1 aromatic rings. The fourth-order valence-corrected chi connectivity index (χ4v) is 1.70. The maximum atomic E-state index is 11.6. The number of hydrogen-bond donors (Lipinski definition) is 1. The van der Waals surface area contributed by atoms with Crippen LogP contribution in [0.1, 0.15) is 16.8 Å². The van der Waals surface area contributed by atoms with E-state index in [1.165, 1.54) is 0 Å². The van der Waals surface area contributed by atoms with E-state index in [0.29, 0.717) is 5.56 Å². The third-order valence-electron chi connectivity index (χ3n) is 2.57. The molecule has 1 aliphatic rings. The van der Waals surface area contributed by atoms with Crippen molar-refractivity contribution in [2.45, 2.75) is 18.8 Å². The molecular formula is C13H14O6. The topological polar surface area (TPSA) is 82.1 Å². The average molecular weight is 266 g/mol. The fourth-order valence-electron chi connectivity index (χ4n) is 1.70. The molecule has 1 aromatic carbocycles. The Hall–Kier alpha value is -1.92. The third-order valence-corrected chi connectivity index (χ3v) is 2.57. The largest absolute Gasteiger partial charge is 0.481 e. The van der Waals surface area contributed by atoms with Gasteiger partial charge in [-0.15, -0.1) is 0 Å². The van der Waals surface area contributed by atoms with Gasteiger partial charge in [-0.25, -0.2) is 4.79 Å². The highest BCUT2D eigenvalue weighted by molar-refractivity contribution is 5.89. The van der Waals surface area contributed by atoms with Gasteiger partial charge in [0.05, 0.1) is 24.7 Å². The number of rotatable bonds is 5. The molecule has 1 N–H and O–H groups in total. The van der Waals surface area contributed by atoms with Crippen LogP contribution in [0.5, 0.6) is 0 Å². The Morgan fingerprint density at radius 2 is 2.05 bits per heavy atom. The summed E-state index contributed by atoms with van der Waals surface area (Å²) in [5.74, 6) is -1.41. The van der Waals surface area contributed by atoms with Crippen molar-refractivity contribution in [3.05, 3.63) is 35.9 Å². The number of carboxylic acid groups (broad SMARTS) is 1. The highest BCUT2D eigenvalue weighted by Crippen LogP contribution is 2.15. The maximum Gasteiger partial charge on any atom is 0.338 e. The van der Waals surface area contributed by atoms with Crippen LogP contribution in [0.3, 0.4) is 0 Å². The Bertz CT molecular complexity index is 444. The summed E-state index contributed by atoms with van der Waals surface area (Å²) in [4.78, 5) is 22.1. The van der Waals surface area contributed by atoms with Crippen LogP contribution in [-0.2, 0) is 19.0 Å². The second-order valence-electron chi connectivity index (χ2n) is 4.08. The van der Waals surface area contributed by atoms with Crippen molar-refractivity contribution >= 4 is 11.9 Å². The number of carboxylic acids is 1. The zero-order chi connectivity index (χ0) is 13.7. The van der Waals surface area contributed by atoms with Crippen LogP contribution in [0, 0.1) is 0 Å². The molecule has 1 saturated heterocycles. The van der Waals surface area contributed by atoms with Crippen molar-refractivity contribution in [3.63, 3.8) is 0 Å². The molecule has 0 bridgehead atoms.